The lowest BCUT2D eigenvalue weighted by Crippen LogP contribution is -2.36. The van der Waals surface area contributed by atoms with Crippen LogP contribution in [0.3, 0.4) is 0 Å². The summed E-state index contributed by atoms with van der Waals surface area (Å²) in [6.45, 7) is 2.31. The molecule has 1 fully saturated rings. The zero-order chi connectivity index (χ0) is 16.1. The van der Waals surface area contributed by atoms with Gasteiger partial charge in [-0.2, -0.15) is 5.26 Å². The van der Waals surface area contributed by atoms with Gasteiger partial charge in [0.1, 0.15) is 16.8 Å². The van der Waals surface area contributed by atoms with Crippen LogP contribution < -0.4 is 9.64 Å². The van der Waals surface area contributed by atoms with Gasteiger partial charge in [0.05, 0.1) is 6.61 Å². The molecule has 0 amide bonds. The average molecular weight is 330 g/mol. The summed E-state index contributed by atoms with van der Waals surface area (Å²) in [5, 5.41) is 9.65. The molecule has 6 nitrogen and oxygen atoms in total. The zero-order valence-electron chi connectivity index (χ0n) is 12.5. The largest absolute Gasteiger partial charge is 0.492 e. The SMILES string of the molecule is N#Cc1nccnc1N1CCC(COc2ccncc2Cl)CC1. The molecule has 2 aromatic rings. The summed E-state index contributed by atoms with van der Waals surface area (Å²) in [4.78, 5) is 14.4. The van der Waals surface area contributed by atoms with Crippen molar-refractivity contribution in [3.05, 3.63) is 41.6 Å². The molecule has 3 heterocycles. The molecule has 7 heteroatoms. The van der Waals surface area contributed by atoms with Gasteiger partial charge < -0.3 is 9.64 Å². The number of piperidine rings is 1. The van der Waals surface area contributed by atoms with E-state index in [-0.39, 0.29) is 0 Å². The van der Waals surface area contributed by atoms with Gasteiger partial charge in [0, 0.05) is 43.9 Å². The predicted molar refractivity (Wildman–Crippen MR) is 86.4 cm³/mol. The Balaban J connectivity index is 1.55. The van der Waals surface area contributed by atoms with Crippen molar-refractivity contribution >= 4 is 17.4 Å². The lowest BCUT2D eigenvalue weighted by Gasteiger charge is -2.32. The minimum absolute atomic E-state index is 0.380. The van der Waals surface area contributed by atoms with Crippen molar-refractivity contribution in [3.8, 4) is 11.8 Å². The lowest BCUT2D eigenvalue weighted by molar-refractivity contribution is 0.222. The van der Waals surface area contributed by atoms with E-state index in [9.17, 15) is 0 Å². The molecule has 1 aliphatic heterocycles. The highest BCUT2D eigenvalue weighted by Crippen LogP contribution is 2.26. The van der Waals surface area contributed by atoms with Crippen LogP contribution in [0.5, 0.6) is 5.75 Å². The van der Waals surface area contributed by atoms with Crippen molar-refractivity contribution in [3.63, 3.8) is 0 Å². The monoisotopic (exact) mass is 329 g/mol. The fourth-order valence-corrected chi connectivity index (χ4v) is 2.81. The molecular formula is C16H16ClN5O. The number of nitrogens with zero attached hydrogens (tertiary/aromatic N) is 5. The molecule has 23 heavy (non-hydrogen) atoms. The van der Waals surface area contributed by atoms with Gasteiger partial charge in [0.2, 0.25) is 0 Å². The fraction of sp³-hybridized carbons (Fsp3) is 0.375. The molecule has 2 aromatic heterocycles. The number of aromatic nitrogens is 3. The zero-order valence-corrected chi connectivity index (χ0v) is 13.3. The molecular weight excluding hydrogens is 314 g/mol. The minimum atomic E-state index is 0.380. The standard InChI is InChI=1S/C16H16ClN5O/c17-13-10-19-4-1-15(13)23-11-12-2-7-22(8-3-12)16-14(9-18)20-5-6-21-16/h1,4-6,10,12H,2-3,7-8,11H2. The van der Waals surface area contributed by atoms with Gasteiger partial charge >= 0.3 is 0 Å². The summed E-state index contributed by atoms with van der Waals surface area (Å²) in [5.41, 5.74) is 0.380. The van der Waals surface area contributed by atoms with Gasteiger partial charge in [-0.05, 0) is 18.8 Å². The first-order valence-corrected chi connectivity index (χ1v) is 7.84. The van der Waals surface area contributed by atoms with Crippen molar-refractivity contribution in [1.82, 2.24) is 15.0 Å². The van der Waals surface area contributed by atoms with Gasteiger partial charge in [-0.25, -0.2) is 9.97 Å². The summed E-state index contributed by atoms with van der Waals surface area (Å²) < 4.78 is 5.79. The molecule has 118 valence electrons. The van der Waals surface area contributed by atoms with E-state index < -0.39 is 0 Å². The van der Waals surface area contributed by atoms with Crippen molar-refractivity contribution in [2.45, 2.75) is 12.8 Å². The maximum atomic E-state index is 9.12. The Morgan fingerprint density at radius 3 is 2.78 bits per heavy atom. The average Bonchev–Trinajstić information content (AvgIpc) is 2.61. The van der Waals surface area contributed by atoms with E-state index in [4.69, 9.17) is 21.6 Å². The first-order valence-electron chi connectivity index (χ1n) is 7.46. The number of halogens is 1. The molecule has 0 N–H and O–H groups in total. The van der Waals surface area contributed by atoms with Gasteiger partial charge in [-0.1, -0.05) is 11.6 Å². The third-order valence-corrected chi connectivity index (χ3v) is 4.19. The molecule has 3 rings (SSSR count). The second kappa shape index (κ2) is 7.25. The molecule has 0 radical (unpaired) electrons. The van der Waals surface area contributed by atoms with E-state index in [2.05, 4.69) is 25.9 Å². The highest BCUT2D eigenvalue weighted by atomic mass is 35.5. The number of ether oxygens (including phenoxy) is 1. The van der Waals surface area contributed by atoms with E-state index >= 15 is 0 Å². The Morgan fingerprint density at radius 2 is 2.04 bits per heavy atom. The topological polar surface area (TPSA) is 74.9 Å². The fourth-order valence-electron chi connectivity index (χ4n) is 2.64. The van der Waals surface area contributed by atoms with Crippen LogP contribution >= 0.6 is 11.6 Å². The Morgan fingerprint density at radius 1 is 1.26 bits per heavy atom. The van der Waals surface area contributed by atoms with Crippen LogP contribution in [0.25, 0.3) is 0 Å². The predicted octanol–water partition coefficient (Wildman–Crippen LogP) is 2.69. The Bertz CT molecular complexity index is 710. The minimum Gasteiger partial charge on any atom is -0.492 e. The van der Waals surface area contributed by atoms with E-state index in [1.807, 2.05) is 0 Å². The first-order chi connectivity index (χ1) is 11.3. The van der Waals surface area contributed by atoms with Crippen molar-refractivity contribution < 1.29 is 4.74 Å². The van der Waals surface area contributed by atoms with Crippen LogP contribution in [-0.4, -0.2) is 34.6 Å². The smallest absolute Gasteiger partial charge is 0.183 e. The summed E-state index contributed by atoms with van der Waals surface area (Å²) in [5.74, 6) is 1.80. The number of rotatable bonds is 4. The first kappa shape index (κ1) is 15.5. The molecule has 0 aliphatic carbocycles. The molecule has 0 atom stereocenters. The Hall–Kier alpha value is -2.39. The molecule has 0 spiro atoms. The summed E-state index contributed by atoms with van der Waals surface area (Å²) in [6.07, 6.45) is 8.37. The maximum Gasteiger partial charge on any atom is 0.183 e. The van der Waals surface area contributed by atoms with Crippen LogP contribution in [0.1, 0.15) is 18.5 Å². The Kier molecular flexibility index (Phi) is 4.89. The maximum absolute atomic E-state index is 9.12. The quantitative estimate of drug-likeness (QED) is 0.858. The second-order valence-corrected chi connectivity index (χ2v) is 5.80. The highest BCUT2D eigenvalue weighted by Gasteiger charge is 2.23. The van der Waals surface area contributed by atoms with Crippen molar-refractivity contribution in [2.75, 3.05) is 24.6 Å². The van der Waals surface area contributed by atoms with Crippen LogP contribution in [0.15, 0.2) is 30.9 Å². The van der Waals surface area contributed by atoms with E-state index in [1.165, 1.54) is 0 Å². The van der Waals surface area contributed by atoms with Gasteiger partial charge in [-0.15, -0.1) is 0 Å². The van der Waals surface area contributed by atoms with Crippen molar-refractivity contribution in [1.29, 1.82) is 5.26 Å². The Labute approximate surface area is 139 Å². The number of hydrogen-bond donors (Lipinski definition) is 0. The van der Waals surface area contributed by atoms with Gasteiger partial charge in [0.15, 0.2) is 11.5 Å². The third-order valence-electron chi connectivity index (χ3n) is 3.91. The second-order valence-electron chi connectivity index (χ2n) is 5.39. The van der Waals surface area contributed by atoms with Crippen molar-refractivity contribution in [2.24, 2.45) is 5.92 Å². The van der Waals surface area contributed by atoms with E-state index in [0.717, 1.165) is 25.9 Å². The molecule has 0 unspecified atom stereocenters. The number of pyridine rings is 1. The van der Waals surface area contributed by atoms with E-state index in [1.54, 1.807) is 30.9 Å². The molecule has 0 aromatic carbocycles. The molecule has 0 bridgehead atoms. The summed E-state index contributed by atoms with van der Waals surface area (Å²) >= 11 is 6.04. The number of nitriles is 1. The number of hydrogen-bond acceptors (Lipinski definition) is 6. The highest BCUT2D eigenvalue weighted by molar-refractivity contribution is 6.31. The van der Waals surface area contributed by atoms with Crippen LogP contribution in [0, 0.1) is 17.2 Å². The van der Waals surface area contributed by atoms with Gasteiger partial charge in [-0.3, -0.25) is 4.98 Å². The molecule has 0 saturated carbocycles. The van der Waals surface area contributed by atoms with Crippen LogP contribution in [0.2, 0.25) is 5.02 Å². The number of anilines is 1. The van der Waals surface area contributed by atoms with Crippen LogP contribution in [0.4, 0.5) is 5.82 Å². The van der Waals surface area contributed by atoms with Crippen LogP contribution in [-0.2, 0) is 0 Å². The third kappa shape index (κ3) is 3.69. The van der Waals surface area contributed by atoms with Gasteiger partial charge in [0.25, 0.3) is 0 Å². The van der Waals surface area contributed by atoms with E-state index in [0.29, 0.717) is 34.8 Å². The summed E-state index contributed by atoms with van der Waals surface area (Å²) in [7, 11) is 0. The normalized spacial score (nSPS) is 15.2. The summed E-state index contributed by atoms with van der Waals surface area (Å²) in [6, 6.07) is 3.87. The molecule has 1 saturated heterocycles. The molecule has 1 aliphatic rings. The lowest BCUT2D eigenvalue weighted by atomic mass is 9.97.